The molecule has 7 heteroatoms. The molecule has 1 aliphatic rings. The average Bonchev–Trinajstić information content (AvgIpc) is 2.72. The molecule has 0 saturated heterocycles. The summed E-state index contributed by atoms with van der Waals surface area (Å²) in [6.45, 7) is 0.656. The Bertz CT molecular complexity index is 408. The number of rotatable bonds is 4. The van der Waals surface area contributed by atoms with Gasteiger partial charge in [-0.1, -0.05) is 0 Å². The zero-order valence-corrected chi connectivity index (χ0v) is 10.2. The predicted molar refractivity (Wildman–Crippen MR) is 62.8 cm³/mol. The van der Waals surface area contributed by atoms with Crippen molar-refractivity contribution in [1.82, 2.24) is 4.98 Å². The number of alkyl halides is 3. The van der Waals surface area contributed by atoms with Crippen molar-refractivity contribution in [1.29, 1.82) is 0 Å². The van der Waals surface area contributed by atoms with Crippen LogP contribution < -0.4 is 10.1 Å². The fraction of sp³-hybridized carbons (Fsp3) is 0.583. The standard InChI is InChI=1S/C12H15F3N2O2/c13-12(14,15)19-10-3-4-11(17-7-10)16-6-8-1-2-9(18)5-8/h3-4,7-9,18H,1-2,5-6H2,(H,16,17). The summed E-state index contributed by atoms with van der Waals surface area (Å²) >= 11 is 0. The van der Waals surface area contributed by atoms with Crippen LogP contribution in [0.1, 0.15) is 19.3 Å². The van der Waals surface area contributed by atoms with E-state index < -0.39 is 6.36 Å². The molecule has 106 valence electrons. The monoisotopic (exact) mass is 276 g/mol. The van der Waals surface area contributed by atoms with Gasteiger partial charge in [0.25, 0.3) is 0 Å². The molecule has 1 aromatic rings. The van der Waals surface area contributed by atoms with E-state index in [9.17, 15) is 18.3 Å². The third-order valence-corrected chi connectivity index (χ3v) is 3.06. The Balaban J connectivity index is 1.82. The number of aliphatic hydroxyl groups excluding tert-OH is 1. The van der Waals surface area contributed by atoms with Crippen LogP contribution in [0.25, 0.3) is 0 Å². The van der Waals surface area contributed by atoms with Gasteiger partial charge in [-0.05, 0) is 37.3 Å². The molecule has 2 rings (SSSR count). The van der Waals surface area contributed by atoms with Crippen LogP contribution >= 0.6 is 0 Å². The van der Waals surface area contributed by atoms with Gasteiger partial charge in [-0.15, -0.1) is 13.2 Å². The van der Waals surface area contributed by atoms with Crippen molar-refractivity contribution in [3.05, 3.63) is 18.3 Å². The number of ether oxygens (including phenoxy) is 1. The van der Waals surface area contributed by atoms with Gasteiger partial charge in [0.15, 0.2) is 0 Å². The van der Waals surface area contributed by atoms with Gasteiger partial charge in [0, 0.05) is 6.54 Å². The van der Waals surface area contributed by atoms with Crippen molar-refractivity contribution in [2.24, 2.45) is 5.92 Å². The number of nitrogens with one attached hydrogen (secondary N) is 1. The summed E-state index contributed by atoms with van der Waals surface area (Å²) in [4.78, 5) is 3.84. The number of halogens is 3. The fourth-order valence-electron chi connectivity index (χ4n) is 2.16. The van der Waals surface area contributed by atoms with E-state index in [0.29, 0.717) is 18.3 Å². The van der Waals surface area contributed by atoms with E-state index in [1.165, 1.54) is 12.1 Å². The summed E-state index contributed by atoms with van der Waals surface area (Å²) in [6.07, 6.45) is -1.40. The molecule has 2 N–H and O–H groups in total. The van der Waals surface area contributed by atoms with E-state index in [-0.39, 0.29) is 11.9 Å². The van der Waals surface area contributed by atoms with Gasteiger partial charge in [0.2, 0.25) is 0 Å². The second-order valence-electron chi connectivity index (χ2n) is 4.64. The molecule has 0 amide bonds. The second kappa shape index (κ2) is 5.64. The van der Waals surface area contributed by atoms with Crippen LogP contribution in [0.15, 0.2) is 18.3 Å². The normalized spacial score (nSPS) is 23.4. The third kappa shape index (κ3) is 4.59. The molecule has 0 radical (unpaired) electrons. The fourth-order valence-corrected chi connectivity index (χ4v) is 2.16. The lowest BCUT2D eigenvalue weighted by atomic mass is 10.1. The summed E-state index contributed by atoms with van der Waals surface area (Å²) in [5.41, 5.74) is 0. The minimum atomic E-state index is -4.70. The molecule has 0 aliphatic heterocycles. The first kappa shape index (κ1) is 13.9. The quantitative estimate of drug-likeness (QED) is 0.887. The highest BCUT2D eigenvalue weighted by molar-refractivity contribution is 5.37. The minimum absolute atomic E-state index is 0.234. The molecular formula is C12H15F3N2O2. The van der Waals surface area contributed by atoms with Gasteiger partial charge < -0.3 is 15.2 Å². The summed E-state index contributed by atoms with van der Waals surface area (Å²) in [5.74, 6) is 0.535. The number of aromatic nitrogens is 1. The highest BCUT2D eigenvalue weighted by atomic mass is 19.4. The van der Waals surface area contributed by atoms with Crippen molar-refractivity contribution in [2.45, 2.75) is 31.7 Å². The summed E-state index contributed by atoms with van der Waals surface area (Å²) < 4.78 is 39.6. The molecule has 1 aliphatic carbocycles. The summed E-state index contributed by atoms with van der Waals surface area (Å²) in [5, 5.41) is 12.4. The van der Waals surface area contributed by atoms with E-state index in [4.69, 9.17) is 0 Å². The van der Waals surface area contributed by atoms with Crippen LogP contribution in [0, 0.1) is 5.92 Å². The Kier molecular flexibility index (Phi) is 4.14. The number of pyridine rings is 1. The Morgan fingerprint density at radius 2 is 2.16 bits per heavy atom. The van der Waals surface area contributed by atoms with E-state index in [0.717, 1.165) is 25.5 Å². The van der Waals surface area contributed by atoms with Crippen LogP contribution in [0.4, 0.5) is 19.0 Å². The maximum absolute atomic E-state index is 11.9. The van der Waals surface area contributed by atoms with E-state index in [1.54, 1.807) is 0 Å². The number of hydrogen-bond donors (Lipinski definition) is 2. The third-order valence-electron chi connectivity index (χ3n) is 3.06. The molecule has 1 aromatic heterocycles. The van der Waals surface area contributed by atoms with Crippen LogP contribution in [0.2, 0.25) is 0 Å². The highest BCUT2D eigenvalue weighted by Gasteiger charge is 2.31. The van der Waals surface area contributed by atoms with Gasteiger partial charge in [-0.3, -0.25) is 0 Å². The minimum Gasteiger partial charge on any atom is -0.404 e. The van der Waals surface area contributed by atoms with Crippen molar-refractivity contribution in [2.75, 3.05) is 11.9 Å². The van der Waals surface area contributed by atoms with Crippen LogP contribution in [0.5, 0.6) is 5.75 Å². The zero-order valence-electron chi connectivity index (χ0n) is 10.2. The Morgan fingerprint density at radius 1 is 1.37 bits per heavy atom. The smallest absolute Gasteiger partial charge is 0.404 e. The topological polar surface area (TPSA) is 54.4 Å². The molecule has 0 aromatic carbocycles. The van der Waals surface area contributed by atoms with Gasteiger partial charge >= 0.3 is 6.36 Å². The van der Waals surface area contributed by atoms with Crippen LogP contribution in [0.3, 0.4) is 0 Å². The second-order valence-corrected chi connectivity index (χ2v) is 4.64. The zero-order chi connectivity index (χ0) is 13.9. The number of nitrogens with zero attached hydrogens (tertiary/aromatic N) is 1. The number of aliphatic hydroxyl groups is 1. The maximum atomic E-state index is 11.9. The van der Waals surface area contributed by atoms with Crippen molar-refractivity contribution < 1.29 is 23.0 Å². The van der Waals surface area contributed by atoms with Crippen LogP contribution in [-0.4, -0.2) is 29.1 Å². The molecule has 1 heterocycles. The average molecular weight is 276 g/mol. The molecule has 2 atom stereocenters. The first-order chi connectivity index (χ1) is 8.92. The van der Waals surface area contributed by atoms with E-state index >= 15 is 0 Å². The number of hydrogen-bond acceptors (Lipinski definition) is 4. The summed E-state index contributed by atoms with van der Waals surface area (Å²) in [7, 11) is 0. The molecular weight excluding hydrogens is 261 g/mol. The Labute approximate surface area is 108 Å². The Hall–Kier alpha value is -1.50. The lowest BCUT2D eigenvalue weighted by molar-refractivity contribution is -0.274. The van der Waals surface area contributed by atoms with Crippen molar-refractivity contribution in [3.8, 4) is 5.75 Å². The lowest BCUT2D eigenvalue weighted by Crippen LogP contribution is -2.17. The molecule has 1 fully saturated rings. The predicted octanol–water partition coefficient (Wildman–Crippen LogP) is 2.55. The number of anilines is 1. The molecule has 0 bridgehead atoms. The first-order valence-corrected chi connectivity index (χ1v) is 6.06. The molecule has 0 spiro atoms. The van der Waals surface area contributed by atoms with Crippen molar-refractivity contribution >= 4 is 5.82 Å². The maximum Gasteiger partial charge on any atom is 0.573 e. The van der Waals surface area contributed by atoms with E-state index in [1.807, 2.05) is 0 Å². The largest absolute Gasteiger partial charge is 0.573 e. The highest BCUT2D eigenvalue weighted by Crippen LogP contribution is 2.26. The molecule has 4 nitrogen and oxygen atoms in total. The lowest BCUT2D eigenvalue weighted by Gasteiger charge is -2.12. The Morgan fingerprint density at radius 3 is 2.68 bits per heavy atom. The van der Waals surface area contributed by atoms with Gasteiger partial charge in [-0.25, -0.2) is 4.98 Å². The van der Waals surface area contributed by atoms with E-state index in [2.05, 4.69) is 15.0 Å². The molecule has 1 saturated carbocycles. The SMILES string of the molecule is OC1CCC(CNc2ccc(OC(F)(F)F)cn2)C1. The van der Waals surface area contributed by atoms with Gasteiger partial charge in [0.1, 0.15) is 11.6 Å². The van der Waals surface area contributed by atoms with Crippen LogP contribution in [-0.2, 0) is 0 Å². The summed E-state index contributed by atoms with van der Waals surface area (Å²) in [6, 6.07) is 2.65. The van der Waals surface area contributed by atoms with Gasteiger partial charge in [0.05, 0.1) is 12.3 Å². The van der Waals surface area contributed by atoms with Crippen molar-refractivity contribution in [3.63, 3.8) is 0 Å². The first-order valence-electron chi connectivity index (χ1n) is 6.06. The molecule has 2 unspecified atom stereocenters. The van der Waals surface area contributed by atoms with Gasteiger partial charge in [-0.2, -0.15) is 0 Å². The molecule has 19 heavy (non-hydrogen) atoms.